The molecule has 0 atom stereocenters. The van der Waals surface area contributed by atoms with Crippen LogP contribution in [-0.4, -0.2) is 18.0 Å². The first-order valence-electron chi connectivity index (χ1n) is 6.93. The van der Waals surface area contributed by atoms with E-state index in [0.29, 0.717) is 22.5 Å². The quantitative estimate of drug-likeness (QED) is 0.752. The average molecular weight is 310 g/mol. The van der Waals surface area contributed by atoms with E-state index in [1.54, 1.807) is 30.5 Å². The van der Waals surface area contributed by atoms with Gasteiger partial charge in [0.2, 0.25) is 0 Å². The Labute approximate surface area is 131 Å². The van der Waals surface area contributed by atoms with Gasteiger partial charge in [-0.25, -0.2) is 9.78 Å². The number of pyridine rings is 1. The molecule has 1 aromatic carbocycles. The molecule has 0 radical (unpaired) electrons. The molecule has 0 aliphatic carbocycles. The third-order valence-electron chi connectivity index (χ3n) is 3.34. The van der Waals surface area contributed by atoms with Gasteiger partial charge in [-0.05, 0) is 30.7 Å². The van der Waals surface area contributed by atoms with Gasteiger partial charge in [0.25, 0.3) is 5.91 Å². The number of benzene rings is 1. The molecule has 6 heteroatoms. The summed E-state index contributed by atoms with van der Waals surface area (Å²) in [7, 11) is 1.48. The minimum absolute atomic E-state index is 0.0897. The number of nitrogens with one attached hydrogen (secondary N) is 1. The number of nitrogens with zero attached hydrogens (tertiary/aromatic N) is 1. The molecule has 116 valence electrons. The van der Waals surface area contributed by atoms with Crippen LogP contribution in [0.15, 0.2) is 51.8 Å². The lowest BCUT2D eigenvalue weighted by Crippen LogP contribution is -2.21. The van der Waals surface area contributed by atoms with Crippen LogP contribution in [0.4, 0.5) is 5.82 Å². The zero-order valence-corrected chi connectivity index (χ0v) is 12.6. The van der Waals surface area contributed by atoms with Gasteiger partial charge < -0.3 is 14.5 Å². The summed E-state index contributed by atoms with van der Waals surface area (Å²) in [6, 6.07) is 10.1. The Hall–Kier alpha value is -3.15. The van der Waals surface area contributed by atoms with Crippen LogP contribution >= 0.6 is 0 Å². The minimum Gasteiger partial charge on any atom is -0.493 e. The second kappa shape index (κ2) is 5.92. The summed E-state index contributed by atoms with van der Waals surface area (Å²) in [4.78, 5) is 28.4. The summed E-state index contributed by atoms with van der Waals surface area (Å²) in [5.74, 6) is 0.234. The zero-order chi connectivity index (χ0) is 16.4. The Kier molecular flexibility index (Phi) is 3.80. The van der Waals surface area contributed by atoms with E-state index >= 15 is 0 Å². The van der Waals surface area contributed by atoms with E-state index in [4.69, 9.17) is 9.15 Å². The van der Waals surface area contributed by atoms with Crippen LogP contribution < -0.4 is 15.7 Å². The van der Waals surface area contributed by atoms with Crippen LogP contribution in [0.3, 0.4) is 0 Å². The zero-order valence-electron chi connectivity index (χ0n) is 12.6. The maximum absolute atomic E-state index is 12.3. The first kappa shape index (κ1) is 14.8. The fourth-order valence-corrected chi connectivity index (χ4v) is 2.16. The summed E-state index contributed by atoms with van der Waals surface area (Å²) in [5.41, 5.74) is 0.463. The fraction of sp³-hybridized carbons (Fsp3) is 0.118. The van der Waals surface area contributed by atoms with Crippen molar-refractivity contribution in [3.63, 3.8) is 0 Å². The fourth-order valence-electron chi connectivity index (χ4n) is 2.16. The molecule has 0 aliphatic rings. The standard InChI is InChI=1S/C17H14N2O4/c1-10-6-7-14(18-9-10)19-16(20)12-8-11-4-3-5-13(22-2)15(11)23-17(12)21/h3-9H,1-2H3,(H,18,19,20). The highest BCUT2D eigenvalue weighted by molar-refractivity contribution is 6.05. The molecule has 1 amide bonds. The number of aryl methyl sites for hydroxylation is 1. The Balaban J connectivity index is 1.99. The van der Waals surface area contributed by atoms with Crippen LogP contribution in [0.25, 0.3) is 11.0 Å². The monoisotopic (exact) mass is 310 g/mol. The van der Waals surface area contributed by atoms with E-state index in [0.717, 1.165) is 5.56 Å². The molecule has 3 rings (SSSR count). The van der Waals surface area contributed by atoms with Gasteiger partial charge in [0.15, 0.2) is 11.3 Å². The van der Waals surface area contributed by atoms with Crippen molar-refractivity contribution in [2.75, 3.05) is 12.4 Å². The summed E-state index contributed by atoms with van der Waals surface area (Å²) in [6.45, 7) is 1.89. The molecule has 0 saturated carbocycles. The average Bonchev–Trinajstić information content (AvgIpc) is 2.55. The number of para-hydroxylation sites is 1. The first-order valence-corrected chi connectivity index (χ1v) is 6.93. The van der Waals surface area contributed by atoms with Crippen molar-refractivity contribution in [3.8, 4) is 5.75 Å². The lowest BCUT2D eigenvalue weighted by molar-refractivity contribution is 0.102. The van der Waals surface area contributed by atoms with Gasteiger partial charge in [0, 0.05) is 11.6 Å². The van der Waals surface area contributed by atoms with Gasteiger partial charge in [-0.15, -0.1) is 0 Å². The Bertz CT molecular complexity index is 929. The smallest absolute Gasteiger partial charge is 0.349 e. The van der Waals surface area contributed by atoms with Crippen molar-refractivity contribution in [3.05, 3.63) is 64.1 Å². The van der Waals surface area contributed by atoms with E-state index in [1.165, 1.54) is 13.2 Å². The number of carbonyl (C=O) groups excluding carboxylic acids is 1. The molecule has 0 bridgehead atoms. The maximum atomic E-state index is 12.3. The van der Waals surface area contributed by atoms with Crippen molar-refractivity contribution >= 4 is 22.7 Å². The normalized spacial score (nSPS) is 10.5. The summed E-state index contributed by atoms with van der Waals surface area (Å²) in [5, 5.41) is 3.18. The number of amides is 1. The molecular weight excluding hydrogens is 296 g/mol. The molecule has 23 heavy (non-hydrogen) atoms. The van der Waals surface area contributed by atoms with Gasteiger partial charge >= 0.3 is 5.63 Å². The Morgan fingerprint density at radius 1 is 1.26 bits per heavy atom. The lowest BCUT2D eigenvalue weighted by atomic mass is 10.1. The third kappa shape index (κ3) is 2.91. The summed E-state index contributed by atoms with van der Waals surface area (Å²) in [6.07, 6.45) is 1.63. The van der Waals surface area contributed by atoms with Crippen LogP contribution in [-0.2, 0) is 0 Å². The van der Waals surface area contributed by atoms with E-state index < -0.39 is 11.5 Å². The van der Waals surface area contributed by atoms with Gasteiger partial charge in [-0.2, -0.15) is 0 Å². The molecule has 0 aliphatic heterocycles. The predicted octanol–water partition coefficient (Wildman–Crippen LogP) is 2.76. The number of carbonyl (C=O) groups is 1. The Morgan fingerprint density at radius 2 is 2.09 bits per heavy atom. The number of fused-ring (bicyclic) bond motifs is 1. The molecular formula is C17H14N2O4. The van der Waals surface area contributed by atoms with Crippen LogP contribution in [0.5, 0.6) is 5.75 Å². The summed E-state index contributed by atoms with van der Waals surface area (Å²) >= 11 is 0. The molecule has 0 unspecified atom stereocenters. The molecule has 0 saturated heterocycles. The number of aromatic nitrogens is 1. The molecule has 2 heterocycles. The van der Waals surface area contributed by atoms with Crippen LogP contribution in [0, 0.1) is 6.92 Å². The molecule has 0 fully saturated rings. The van der Waals surface area contributed by atoms with E-state index in [2.05, 4.69) is 10.3 Å². The van der Waals surface area contributed by atoms with Gasteiger partial charge in [0.05, 0.1) is 7.11 Å². The number of hydrogen-bond acceptors (Lipinski definition) is 5. The number of hydrogen-bond donors (Lipinski definition) is 1. The largest absolute Gasteiger partial charge is 0.493 e. The molecule has 3 aromatic rings. The highest BCUT2D eigenvalue weighted by atomic mass is 16.5. The van der Waals surface area contributed by atoms with Crippen molar-refractivity contribution in [2.45, 2.75) is 6.92 Å². The first-order chi connectivity index (χ1) is 11.1. The highest BCUT2D eigenvalue weighted by Gasteiger charge is 2.16. The van der Waals surface area contributed by atoms with E-state index in [1.807, 2.05) is 13.0 Å². The second-order valence-corrected chi connectivity index (χ2v) is 5.00. The van der Waals surface area contributed by atoms with Crippen molar-refractivity contribution in [1.29, 1.82) is 0 Å². The number of ether oxygens (including phenoxy) is 1. The topological polar surface area (TPSA) is 81.4 Å². The molecule has 0 spiro atoms. The van der Waals surface area contributed by atoms with Crippen molar-refractivity contribution < 1.29 is 13.9 Å². The van der Waals surface area contributed by atoms with E-state index in [-0.39, 0.29) is 5.56 Å². The van der Waals surface area contributed by atoms with Crippen LogP contribution in [0.2, 0.25) is 0 Å². The third-order valence-corrected chi connectivity index (χ3v) is 3.34. The summed E-state index contributed by atoms with van der Waals surface area (Å²) < 4.78 is 10.4. The Morgan fingerprint density at radius 3 is 2.78 bits per heavy atom. The van der Waals surface area contributed by atoms with Gasteiger partial charge in [-0.3, -0.25) is 4.79 Å². The SMILES string of the molecule is COc1cccc2cc(C(=O)Nc3ccc(C)cn3)c(=O)oc12. The highest BCUT2D eigenvalue weighted by Crippen LogP contribution is 2.24. The van der Waals surface area contributed by atoms with Crippen molar-refractivity contribution in [2.24, 2.45) is 0 Å². The van der Waals surface area contributed by atoms with Crippen LogP contribution in [0.1, 0.15) is 15.9 Å². The van der Waals surface area contributed by atoms with Gasteiger partial charge in [-0.1, -0.05) is 18.2 Å². The van der Waals surface area contributed by atoms with E-state index in [9.17, 15) is 9.59 Å². The molecule has 1 N–H and O–H groups in total. The van der Waals surface area contributed by atoms with Crippen molar-refractivity contribution in [1.82, 2.24) is 4.98 Å². The van der Waals surface area contributed by atoms with Gasteiger partial charge in [0.1, 0.15) is 11.4 Å². The predicted molar refractivity (Wildman–Crippen MR) is 86.0 cm³/mol. The lowest BCUT2D eigenvalue weighted by Gasteiger charge is -2.06. The molecule has 6 nitrogen and oxygen atoms in total. The number of anilines is 1. The maximum Gasteiger partial charge on any atom is 0.349 e. The number of methoxy groups -OCH3 is 1. The second-order valence-electron chi connectivity index (χ2n) is 5.00. The molecule has 2 aromatic heterocycles. The number of rotatable bonds is 3. The minimum atomic E-state index is -0.730.